The molecule has 0 atom stereocenters. The summed E-state index contributed by atoms with van der Waals surface area (Å²) >= 11 is 0. The van der Waals surface area contributed by atoms with Crippen LogP contribution in [-0.2, 0) is 16.6 Å². The molecule has 9 heteroatoms. The van der Waals surface area contributed by atoms with Crippen molar-refractivity contribution in [2.75, 3.05) is 13.6 Å². The van der Waals surface area contributed by atoms with Gasteiger partial charge in [-0.15, -0.1) is 0 Å². The SMILES string of the molecule is CNCc1cc(S(=O)(=O)N(CC(F)(F)F)C2CC2)c(C)o1. The molecule has 1 fully saturated rings. The predicted molar refractivity (Wildman–Crippen MR) is 69.2 cm³/mol. The Morgan fingerprint density at radius 2 is 2.05 bits per heavy atom. The number of hydrogen-bond acceptors (Lipinski definition) is 4. The number of furan rings is 1. The van der Waals surface area contributed by atoms with Gasteiger partial charge in [0.05, 0.1) is 6.54 Å². The van der Waals surface area contributed by atoms with E-state index in [1.807, 2.05) is 0 Å². The van der Waals surface area contributed by atoms with Crippen LogP contribution in [0.1, 0.15) is 24.4 Å². The third-order valence-electron chi connectivity index (χ3n) is 3.15. The summed E-state index contributed by atoms with van der Waals surface area (Å²) < 4.78 is 68.6. The number of nitrogens with zero attached hydrogens (tertiary/aromatic N) is 1. The van der Waals surface area contributed by atoms with Crippen LogP contribution in [-0.4, -0.2) is 38.5 Å². The minimum Gasteiger partial charge on any atom is -0.464 e. The zero-order valence-electron chi connectivity index (χ0n) is 11.7. The van der Waals surface area contributed by atoms with E-state index in [-0.39, 0.29) is 10.7 Å². The second-order valence-electron chi connectivity index (χ2n) is 5.06. The Bertz CT molecular complexity index is 606. The lowest BCUT2D eigenvalue weighted by molar-refractivity contribution is -0.137. The van der Waals surface area contributed by atoms with Crippen molar-refractivity contribution in [2.24, 2.45) is 0 Å². The summed E-state index contributed by atoms with van der Waals surface area (Å²) in [5.74, 6) is 0.476. The number of alkyl halides is 3. The molecule has 1 N–H and O–H groups in total. The highest BCUT2D eigenvalue weighted by atomic mass is 32.2. The fourth-order valence-corrected chi connectivity index (χ4v) is 3.98. The largest absolute Gasteiger partial charge is 0.464 e. The van der Waals surface area contributed by atoms with Gasteiger partial charge in [0.25, 0.3) is 0 Å². The van der Waals surface area contributed by atoms with E-state index >= 15 is 0 Å². The molecule has 21 heavy (non-hydrogen) atoms. The normalized spacial score (nSPS) is 16.7. The van der Waals surface area contributed by atoms with E-state index in [1.54, 1.807) is 7.05 Å². The van der Waals surface area contributed by atoms with Gasteiger partial charge in [-0.3, -0.25) is 0 Å². The Labute approximate surface area is 121 Å². The van der Waals surface area contributed by atoms with Crippen molar-refractivity contribution >= 4 is 10.0 Å². The molecule has 1 saturated carbocycles. The van der Waals surface area contributed by atoms with Crippen molar-refractivity contribution in [1.29, 1.82) is 0 Å². The topological polar surface area (TPSA) is 62.6 Å². The van der Waals surface area contributed by atoms with Crippen LogP contribution in [0.15, 0.2) is 15.4 Å². The summed E-state index contributed by atoms with van der Waals surface area (Å²) in [7, 11) is -2.55. The zero-order valence-corrected chi connectivity index (χ0v) is 12.5. The molecule has 1 aromatic rings. The van der Waals surface area contributed by atoms with Gasteiger partial charge in [-0.2, -0.15) is 17.5 Å². The molecule has 1 heterocycles. The minimum absolute atomic E-state index is 0.105. The molecule has 0 spiro atoms. The number of sulfonamides is 1. The molecule has 0 aliphatic heterocycles. The predicted octanol–water partition coefficient (Wildman–Crippen LogP) is 2.02. The quantitative estimate of drug-likeness (QED) is 0.869. The lowest BCUT2D eigenvalue weighted by Crippen LogP contribution is -2.40. The van der Waals surface area contributed by atoms with Crippen molar-refractivity contribution in [3.05, 3.63) is 17.6 Å². The molecule has 0 bridgehead atoms. The highest BCUT2D eigenvalue weighted by Gasteiger charge is 2.45. The first-order valence-corrected chi connectivity index (χ1v) is 7.91. The van der Waals surface area contributed by atoms with Gasteiger partial charge in [0.1, 0.15) is 23.0 Å². The standard InChI is InChI=1S/C12H17F3N2O3S/c1-8-11(5-10(20-8)6-16-2)21(18,19)17(9-3-4-9)7-12(13,14)15/h5,9,16H,3-4,6-7H2,1-2H3. The van der Waals surface area contributed by atoms with E-state index in [9.17, 15) is 21.6 Å². The van der Waals surface area contributed by atoms with Gasteiger partial charge < -0.3 is 9.73 Å². The molecule has 120 valence electrons. The second-order valence-corrected chi connectivity index (χ2v) is 6.92. The lowest BCUT2D eigenvalue weighted by Gasteiger charge is -2.22. The molecule has 0 radical (unpaired) electrons. The van der Waals surface area contributed by atoms with Gasteiger partial charge in [-0.25, -0.2) is 8.42 Å². The number of aryl methyl sites for hydroxylation is 1. The van der Waals surface area contributed by atoms with Crippen LogP contribution in [0.3, 0.4) is 0 Å². The molecule has 1 aliphatic rings. The molecular weight excluding hydrogens is 309 g/mol. The van der Waals surface area contributed by atoms with Gasteiger partial charge in [0.2, 0.25) is 10.0 Å². The number of halogens is 3. The van der Waals surface area contributed by atoms with E-state index in [2.05, 4.69) is 5.32 Å². The monoisotopic (exact) mass is 326 g/mol. The Hall–Kier alpha value is -1.06. The van der Waals surface area contributed by atoms with Crippen LogP contribution >= 0.6 is 0 Å². The van der Waals surface area contributed by atoms with Gasteiger partial charge in [-0.1, -0.05) is 0 Å². The Morgan fingerprint density at radius 1 is 1.43 bits per heavy atom. The van der Waals surface area contributed by atoms with Crippen molar-refractivity contribution in [3.8, 4) is 0 Å². The molecule has 5 nitrogen and oxygen atoms in total. The van der Waals surface area contributed by atoms with Crippen LogP contribution in [0, 0.1) is 6.92 Å². The average Bonchev–Trinajstić information content (AvgIpc) is 3.10. The molecule has 1 aromatic heterocycles. The maximum Gasteiger partial charge on any atom is 0.402 e. The van der Waals surface area contributed by atoms with Gasteiger partial charge in [0, 0.05) is 12.1 Å². The Morgan fingerprint density at radius 3 is 2.52 bits per heavy atom. The van der Waals surface area contributed by atoms with E-state index in [0.717, 1.165) is 0 Å². The van der Waals surface area contributed by atoms with Crippen LogP contribution in [0.25, 0.3) is 0 Å². The first kappa shape index (κ1) is 16.3. The maximum atomic E-state index is 12.6. The summed E-state index contributed by atoms with van der Waals surface area (Å²) in [5, 5.41) is 2.80. The number of rotatable bonds is 6. The van der Waals surface area contributed by atoms with Crippen molar-refractivity contribution < 1.29 is 26.0 Å². The maximum absolute atomic E-state index is 12.6. The third-order valence-corrected chi connectivity index (χ3v) is 5.16. The zero-order chi connectivity index (χ0) is 15.8. The van der Waals surface area contributed by atoms with E-state index in [4.69, 9.17) is 4.42 Å². The molecule has 1 aliphatic carbocycles. The van der Waals surface area contributed by atoms with Crippen LogP contribution < -0.4 is 5.32 Å². The number of hydrogen-bond donors (Lipinski definition) is 1. The summed E-state index contributed by atoms with van der Waals surface area (Å²) in [4.78, 5) is -0.191. The van der Waals surface area contributed by atoms with Crippen LogP contribution in [0.2, 0.25) is 0 Å². The summed E-state index contributed by atoms with van der Waals surface area (Å²) in [6.45, 7) is 0.274. The molecule has 0 unspecified atom stereocenters. The smallest absolute Gasteiger partial charge is 0.402 e. The average molecular weight is 326 g/mol. The molecule has 0 amide bonds. The highest BCUT2D eigenvalue weighted by Crippen LogP contribution is 2.36. The summed E-state index contributed by atoms with van der Waals surface area (Å²) in [6, 6.07) is 0.714. The van der Waals surface area contributed by atoms with Crippen LogP contribution in [0.5, 0.6) is 0 Å². The minimum atomic E-state index is -4.57. The van der Waals surface area contributed by atoms with E-state index in [0.29, 0.717) is 29.5 Å². The van der Waals surface area contributed by atoms with Gasteiger partial charge >= 0.3 is 6.18 Å². The van der Waals surface area contributed by atoms with Gasteiger partial charge in [-0.05, 0) is 26.8 Å². The van der Waals surface area contributed by atoms with E-state index in [1.165, 1.54) is 13.0 Å². The van der Waals surface area contributed by atoms with Gasteiger partial charge in [0.15, 0.2) is 0 Å². The fourth-order valence-electron chi connectivity index (χ4n) is 2.12. The summed E-state index contributed by atoms with van der Waals surface area (Å²) in [6.07, 6.45) is -3.66. The van der Waals surface area contributed by atoms with E-state index < -0.39 is 28.8 Å². The second kappa shape index (κ2) is 5.62. The van der Waals surface area contributed by atoms with Crippen molar-refractivity contribution in [3.63, 3.8) is 0 Å². The summed E-state index contributed by atoms with van der Waals surface area (Å²) in [5.41, 5.74) is 0. The number of nitrogens with one attached hydrogen (secondary N) is 1. The highest BCUT2D eigenvalue weighted by molar-refractivity contribution is 7.89. The first-order valence-electron chi connectivity index (χ1n) is 6.47. The lowest BCUT2D eigenvalue weighted by atomic mass is 10.4. The van der Waals surface area contributed by atoms with Crippen LogP contribution in [0.4, 0.5) is 13.2 Å². The van der Waals surface area contributed by atoms with Crippen molar-refractivity contribution in [2.45, 2.75) is 43.4 Å². The molecule has 0 saturated heterocycles. The molecule has 2 rings (SSSR count). The van der Waals surface area contributed by atoms with Crippen molar-refractivity contribution in [1.82, 2.24) is 9.62 Å². The first-order chi connectivity index (χ1) is 9.65. The Kier molecular flexibility index (Phi) is 4.36. The third kappa shape index (κ3) is 3.78. The Balaban J connectivity index is 2.34. The molecular formula is C12H17F3N2O3S. The fraction of sp³-hybridized carbons (Fsp3) is 0.667. The molecule has 0 aromatic carbocycles.